The molecule has 58 valence electrons. The van der Waals surface area contributed by atoms with Crippen LogP contribution in [-0.4, -0.2) is 4.98 Å². The number of aromatic nitrogens is 1. The van der Waals surface area contributed by atoms with Gasteiger partial charge in [0.1, 0.15) is 0 Å². The molecule has 1 aromatic carbocycles. The fourth-order valence-electron chi connectivity index (χ4n) is 1.16. The molecule has 0 unspecified atom stereocenters. The predicted octanol–water partition coefficient (Wildman–Crippen LogP) is 2.15. The largest absolute Gasteiger partial charge is 0.269 e. The second kappa shape index (κ2) is 3.00. The Balaban J connectivity index is 2.88. The zero-order valence-electron chi connectivity index (χ0n) is 6.27. The van der Waals surface area contributed by atoms with Crippen LogP contribution < -0.4 is 5.30 Å². The molecule has 0 bridgehead atoms. The van der Waals surface area contributed by atoms with Gasteiger partial charge in [-0.15, -0.1) is 0 Å². The summed E-state index contributed by atoms with van der Waals surface area (Å²) in [5.41, 5.74) is 0.816. The third-order valence-electron chi connectivity index (χ3n) is 1.71. The molecule has 0 amide bonds. The topological polar surface area (TPSA) is 30.0 Å². The molecule has 1 aromatic heterocycles. The Labute approximate surface area is 71.5 Å². The third kappa shape index (κ3) is 1.10. The summed E-state index contributed by atoms with van der Waals surface area (Å²) in [6.07, 6.45) is 1.71. The van der Waals surface area contributed by atoms with E-state index in [1.54, 1.807) is 6.20 Å². The zero-order valence-corrected chi connectivity index (χ0v) is 7.16. The smallest absolute Gasteiger partial charge is 0.194 e. The zero-order chi connectivity index (χ0) is 8.39. The molecule has 0 atom stereocenters. The van der Waals surface area contributed by atoms with Gasteiger partial charge in [-0.25, -0.2) is 0 Å². The van der Waals surface area contributed by atoms with Gasteiger partial charge in [-0.3, -0.25) is 9.55 Å². The van der Waals surface area contributed by atoms with E-state index in [2.05, 4.69) is 4.98 Å². The van der Waals surface area contributed by atoms with Crippen molar-refractivity contribution in [3.63, 3.8) is 0 Å². The van der Waals surface area contributed by atoms with Crippen molar-refractivity contribution in [1.29, 1.82) is 0 Å². The number of pyridine rings is 1. The summed E-state index contributed by atoms with van der Waals surface area (Å²) < 4.78 is 10.7. The lowest BCUT2D eigenvalue weighted by atomic mass is 10.2. The average Bonchev–Trinajstić information content (AvgIpc) is 2.17. The number of para-hydroxylation sites is 1. The van der Waals surface area contributed by atoms with E-state index >= 15 is 0 Å². The first-order chi connectivity index (χ1) is 5.92. The molecule has 2 aromatic rings. The Morgan fingerprint density at radius 3 is 2.83 bits per heavy atom. The highest BCUT2D eigenvalue weighted by molar-refractivity contribution is 7.34. The van der Waals surface area contributed by atoms with Crippen molar-refractivity contribution in [3.8, 4) is 0 Å². The maximum absolute atomic E-state index is 10.7. The summed E-state index contributed by atoms with van der Waals surface area (Å²) in [5, 5.41) is 1.77. The molecule has 3 heteroatoms. The number of hydrogen-bond donors (Lipinski definition) is 0. The predicted molar refractivity (Wildman–Crippen MR) is 49.0 cm³/mol. The van der Waals surface area contributed by atoms with Crippen molar-refractivity contribution in [2.24, 2.45) is 0 Å². The van der Waals surface area contributed by atoms with Crippen LogP contribution in [0.1, 0.15) is 0 Å². The molecule has 0 aliphatic heterocycles. The fraction of sp³-hybridized carbons (Fsp3) is 0. The summed E-state index contributed by atoms with van der Waals surface area (Å²) in [4.78, 5) is 4.15. The standard InChI is InChI=1S/C9H6NOP/c11-12-8-5-1-3-7-4-2-6-10-9(7)8/h1-6H. The van der Waals surface area contributed by atoms with Gasteiger partial charge in [-0.1, -0.05) is 18.2 Å². The number of benzene rings is 1. The summed E-state index contributed by atoms with van der Waals surface area (Å²) in [7, 11) is 0.0286. The molecule has 0 aliphatic rings. The van der Waals surface area contributed by atoms with Crippen molar-refractivity contribution in [3.05, 3.63) is 36.5 Å². The summed E-state index contributed by atoms with van der Waals surface area (Å²) >= 11 is 0. The van der Waals surface area contributed by atoms with Crippen LogP contribution in [0.5, 0.6) is 0 Å². The van der Waals surface area contributed by atoms with Crippen LogP contribution in [0.4, 0.5) is 0 Å². The Morgan fingerprint density at radius 1 is 1.17 bits per heavy atom. The lowest BCUT2D eigenvalue weighted by Gasteiger charge is -1.96. The molecule has 2 nitrogen and oxygen atoms in total. The van der Waals surface area contributed by atoms with E-state index in [9.17, 15) is 4.57 Å². The Hall–Kier alpha value is -1.27. The maximum Gasteiger partial charge on any atom is 0.194 e. The van der Waals surface area contributed by atoms with Crippen molar-refractivity contribution in [1.82, 2.24) is 4.98 Å². The SMILES string of the molecule is O=Pc1cccc2cccnc12. The minimum Gasteiger partial charge on any atom is -0.269 e. The molecule has 0 aliphatic carbocycles. The van der Waals surface area contributed by atoms with Gasteiger partial charge >= 0.3 is 0 Å². The highest BCUT2D eigenvalue weighted by atomic mass is 31.1. The van der Waals surface area contributed by atoms with Crippen LogP contribution in [0.3, 0.4) is 0 Å². The van der Waals surface area contributed by atoms with E-state index in [0.29, 0.717) is 0 Å². The van der Waals surface area contributed by atoms with E-state index in [1.807, 2.05) is 30.3 Å². The third-order valence-corrected chi connectivity index (χ3v) is 2.27. The van der Waals surface area contributed by atoms with Gasteiger partial charge in [0.2, 0.25) is 0 Å². The molecule has 0 fully saturated rings. The normalized spacial score (nSPS) is 10.7. The van der Waals surface area contributed by atoms with Gasteiger partial charge in [0.05, 0.1) is 10.8 Å². The maximum atomic E-state index is 10.7. The van der Waals surface area contributed by atoms with Gasteiger partial charge in [0.15, 0.2) is 8.46 Å². The minimum absolute atomic E-state index is 0.0286. The van der Waals surface area contributed by atoms with Gasteiger partial charge in [0.25, 0.3) is 0 Å². The van der Waals surface area contributed by atoms with Crippen molar-refractivity contribution >= 4 is 24.7 Å². The highest BCUT2D eigenvalue weighted by Gasteiger charge is 1.98. The minimum atomic E-state index is 0.0286. The monoisotopic (exact) mass is 175 g/mol. The van der Waals surface area contributed by atoms with E-state index < -0.39 is 0 Å². The van der Waals surface area contributed by atoms with Crippen LogP contribution in [-0.2, 0) is 4.57 Å². The number of hydrogen-bond acceptors (Lipinski definition) is 2. The second-order valence-corrected chi connectivity index (χ2v) is 3.11. The molecule has 0 saturated heterocycles. The van der Waals surface area contributed by atoms with Gasteiger partial charge in [-0.05, 0) is 12.1 Å². The van der Waals surface area contributed by atoms with E-state index in [1.165, 1.54) is 0 Å². The molecule has 0 radical (unpaired) electrons. The van der Waals surface area contributed by atoms with Crippen LogP contribution in [0.15, 0.2) is 36.5 Å². The lowest BCUT2D eigenvalue weighted by Crippen LogP contribution is -1.94. The van der Waals surface area contributed by atoms with Crippen molar-refractivity contribution < 1.29 is 4.57 Å². The average molecular weight is 175 g/mol. The molecule has 1 heterocycles. The molecular weight excluding hydrogens is 169 g/mol. The summed E-state index contributed by atoms with van der Waals surface area (Å²) in [6, 6.07) is 9.47. The molecule has 0 saturated carbocycles. The first-order valence-electron chi connectivity index (χ1n) is 3.59. The summed E-state index contributed by atoms with van der Waals surface area (Å²) in [5.74, 6) is 0. The fourth-order valence-corrected chi connectivity index (χ4v) is 1.58. The number of fused-ring (bicyclic) bond motifs is 1. The molecule has 12 heavy (non-hydrogen) atoms. The first-order valence-corrected chi connectivity index (χ1v) is 4.40. The number of rotatable bonds is 1. The van der Waals surface area contributed by atoms with E-state index in [-0.39, 0.29) is 8.46 Å². The van der Waals surface area contributed by atoms with E-state index in [4.69, 9.17) is 0 Å². The Kier molecular flexibility index (Phi) is 1.84. The summed E-state index contributed by atoms with van der Waals surface area (Å²) in [6.45, 7) is 0. The van der Waals surface area contributed by atoms with Crippen LogP contribution in [0.25, 0.3) is 10.9 Å². The molecule has 0 N–H and O–H groups in total. The highest BCUT2D eigenvalue weighted by Crippen LogP contribution is 2.11. The molecular formula is C9H6NOP. The van der Waals surface area contributed by atoms with E-state index in [0.717, 1.165) is 16.2 Å². The van der Waals surface area contributed by atoms with Crippen LogP contribution in [0, 0.1) is 0 Å². The van der Waals surface area contributed by atoms with Crippen LogP contribution >= 0.6 is 8.46 Å². The Morgan fingerprint density at radius 2 is 2.00 bits per heavy atom. The number of nitrogens with zero attached hydrogens (tertiary/aromatic N) is 1. The van der Waals surface area contributed by atoms with Gasteiger partial charge in [0, 0.05) is 11.6 Å². The van der Waals surface area contributed by atoms with Crippen molar-refractivity contribution in [2.75, 3.05) is 0 Å². The Bertz CT molecular complexity index is 422. The van der Waals surface area contributed by atoms with Gasteiger partial charge < -0.3 is 0 Å². The first kappa shape index (κ1) is 7.38. The second-order valence-electron chi connectivity index (χ2n) is 2.44. The molecule has 2 rings (SSSR count). The van der Waals surface area contributed by atoms with Crippen molar-refractivity contribution in [2.45, 2.75) is 0 Å². The van der Waals surface area contributed by atoms with Gasteiger partial charge in [-0.2, -0.15) is 0 Å². The lowest BCUT2D eigenvalue weighted by molar-refractivity contribution is 0.603. The van der Waals surface area contributed by atoms with Crippen LogP contribution in [0.2, 0.25) is 0 Å². The quantitative estimate of drug-likeness (QED) is 0.621. The molecule has 0 spiro atoms.